The molecular formula is C19H30N4O3S. The van der Waals surface area contributed by atoms with Gasteiger partial charge in [0.2, 0.25) is 15.9 Å². The maximum absolute atomic E-state index is 12.8. The molecule has 0 aliphatic carbocycles. The van der Waals surface area contributed by atoms with Gasteiger partial charge in [0.05, 0.1) is 11.4 Å². The summed E-state index contributed by atoms with van der Waals surface area (Å²) in [5, 5.41) is 2.86. The van der Waals surface area contributed by atoms with E-state index in [0.717, 1.165) is 39.0 Å². The number of piperazine rings is 1. The van der Waals surface area contributed by atoms with Gasteiger partial charge in [-0.05, 0) is 50.1 Å². The van der Waals surface area contributed by atoms with Crippen molar-refractivity contribution in [1.82, 2.24) is 14.1 Å². The molecule has 1 amide bonds. The molecule has 2 fully saturated rings. The van der Waals surface area contributed by atoms with E-state index in [1.165, 1.54) is 0 Å². The monoisotopic (exact) mass is 394 g/mol. The second-order valence-electron chi connectivity index (χ2n) is 7.76. The lowest BCUT2D eigenvalue weighted by Gasteiger charge is -2.31. The van der Waals surface area contributed by atoms with E-state index in [0.29, 0.717) is 31.2 Å². The van der Waals surface area contributed by atoms with Crippen molar-refractivity contribution in [3.63, 3.8) is 0 Å². The fraction of sp³-hybridized carbons (Fsp3) is 0.632. The number of hydrogen-bond acceptors (Lipinski definition) is 5. The zero-order chi connectivity index (χ0) is 19.4. The number of anilines is 1. The molecule has 1 aromatic rings. The van der Waals surface area contributed by atoms with E-state index in [1.54, 1.807) is 28.6 Å². The van der Waals surface area contributed by atoms with Gasteiger partial charge in [-0.2, -0.15) is 4.31 Å². The lowest BCUT2D eigenvalue weighted by atomic mass is 10.0. The highest BCUT2D eigenvalue weighted by Crippen LogP contribution is 2.24. The molecule has 1 aromatic carbocycles. The molecule has 1 N–H and O–H groups in total. The maximum Gasteiger partial charge on any atom is 0.243 e. The Labute approximate surface area is 162 Å². The number of benzene rings is 1. The van der Waals surface area contributed by atoms with Crippen molar-refractivity contribution in [1.29, 1.82) is 0 Å². The number of amides is 1. The number of hydrogen-bond donors (Lipinski definition) is 1. The predicted molar refractivity (Wildman–Crippen MR) is 106 cm³/mol. The summed E-state index contributed by atoms with van der Waals surface area (Å²) in [4.78, 5) is 16.9. The van der Waals surface area contributed by atoms with Gasteiger partial charge in [-0.3, -0.25) is 9.69 Å². The van der Waals surface area contributed by atoms with E-state index in [-0.39, 0.29) is 10.8 Å². The van der Waals surface area contributed by atoms with Crippen molar-refractivity contribution in [2.75, 3.05) is 58.2 Å². The van der Waals surface area contributed by atoms with Gasteiger partial charge in [0, 0.05) is 45.0 Å². The van der Waals surface area contributed by atoms with Crippen LogP contribution in [0.2, 0.25) is 0 Å². The summed E-state index contributed by atoms with van der Waals surface area (Å²) >= 11 is 0. The van der Waals surface area contributed by atoms with E-state index in [4.69, 9.17) is 0 Å². The summed E-state index contributed by atoms with van der Waals surface area (Å²) in [6.07, 6.45) is 1.98. The van der Waals surface area contributed by atoms with Gasteiger partial charge >= 0.3 is 0 Å². The van der Waals surface area contributed by atoms with Crippen LogP contribution in [0.4, 0.5) is 5.69 Å². The highest BCUT2D eigenvalue weighted by atomic mass is 32.2. The first-order valence-corrected chi connectivity index (χ1v) is 11.1. The number of carbonyl (C=O) groups is 1. The van der Waals surface area contributed by atoms with Crippen molar-refractivity contribution in [2.24, 2.45) is 5.92 Å². The number of likely N-dealkylation sites (N-methyl/N-ethyl adjacent to an activating group) is 1. The number of sulfonamides is 1. The van der Waals surface area contributed by atoms with E-state index >= 15 is 0 Å². The van der Waals surface area contributed by atoms with Gasteiger partial charge in [0.1, 0.15) is 0 Å². The number of carbonyl (C=O) groups excluding carboxylic acids is 1. The lowest BCUT2D eigenvalue weighted by Crippen LogP contribution is -2.47. The Morgan fingerprint density at radius 2 is 1.78 bits per heavy atom. The van der Waals surface area contributed by atoms with E-state index in [9.17, 15) is 13.2 Å². The molecule has 3 rings (SSSR count). The first-order chi connectivity index (χ1) is 12.8. The molecule has 2 heterocycles. The Balaban J connectivity index is 1.57. The Bertz CT molecular complexity index is 743. The molecule has 2 aliphatic heterocycles. The average molecular weight is 395 g/mol. The van der Waals surface area contributed by atoms with Crippen molar-refractivity contribution >= 4 is 21.6 Å². The summed E-state index contributed by atoms with van der Waals surface area (Å²) < 4.78 is 27.1. The highest BCUT2D eigenvalue weighted by molar-refractivity contribution is 7.89. The van der Waals surface area contributed by atoms with Crippen molar-refractivity contribution < 1.29 is 13.2 Å². The SMILES string of the molecule is C[C@H]1CCCN(S(=O)(=O)c2ccc(NC(=O)CN3CCN(C)CC3)cc2)C1. The van der Waals surface area contributed by atoms with Crippen LogP contribution in [0.15, 0.2) is 29.2 Å². The Morgan fingerprint density at radius 1 is 1.11 bits per heavy atom. The molecule has 1 atom stereocenters. The summed E-state index contributed by atoms with van der Waals surface area (Å²) in [7, 11) is -1.38. The van der Waals surface area contributed by atoms with Gasteiger partial charge in [0.15, 0.2) is 0 Å². The minimum absolute atomic E-state index is 0.0694. The molecule has 2 aliphatic rings. The smallest absolute Gasteiger partial charge is 0.243 e. The first-order valence-electron chi connectivity index (χ1n) is 9.65. The lowest BCUT2D eigenvalue weighted by molar-refractivity contribution is -0.117. The summed E-state index contributed by atoms with van der Waals surface area (Å²) in [6, 6.07) is 6.50. The van der Waals surface area contributed by atoms with Crippen LogP contribution in [0.3, 0.4) is 0 Å². The van der Waals surface area contributed by atoms with Crippen LogP contribution in [0, 0.1) is 5.92 Å². The molecule has 0 saturated carbocycles. The van der Waals surface area contributed by atoms with E-state index < -0.39 is 10.0 Å². The molecule has 8 heteroatoms. The third-order valence-electron chi connectivity index (χ3n) is 5.36. The van der Waals surface area contributed by atoms with Crippen LogP contribution >= 0.6 is 0 Å². The van der Waals surface area contributed by atoms with Crippen LogP contribution in [-0.4, -0.2) is 81.3 Å². The molecule has 0 unspecified atom stereocenters. The maximum atomic E-state index is 12.8. The van der Waals surface area contributed by atoms with Crippen LogP contribution in [0.1, 0.15) is 19.8 Å². The molecule has 0 radical (unpaired) electrons. The predicted octanol–water partition coefficient (Wildman–Crippen LogP) is 1.29. The quantitative estimate of drug-likeness (QED) is 0.815. The highest BCUT2D eigenvalue weighted by Gasteiger charge is 2.28. The molecular weight excluding hydrogens is 364 g/mol. The standard InChI is InChI=1S/C19H30N4O3S/c1-16-4-3-9-23(14-16)27(25,26)18-7-5-17(6-8-18)20-19(24)15-22-12-10-21(2)11-13-22/h5-8,16H,3-4,9-15H2,1-2H3,(H,20,24)/t16-/m0/s1. The molecule has 2 saturated heterocycles. The number of nitrogens with zero attached hydrogens (tertiary/aromatic N) is 3. The molecule has 0 aromatic heterocycles. The fourth-order valence-electron chi connectivity index (χ4n) is 3.63. The van der Waals surface area contributed by atoms with Gasteiger partial charge < -0.3 is 10.2 Å². The molecule has 150 valence electrons. The van der Waals surface area contributed by atoms with Gasteiger partial charge in [-0.15, -0.1) is 0 Å². The summed E-state index contributed by atoms with van der Waals surface area (Å²) in [5.41, 5.74) is 0.625. The van der Waals surface area contributed by atoms with E-state index in [2.05, 4.69) is 29.1 Å². The zero-order valence-corrected chi connectivity index (χ0v) is 17.0. The summed E-state index contributed by atoms with van der Waals surface area (Å²) in [5.74, 6) is 0.321. The summed E-state index contributed by atoms with van der Waals surface area (Å²) in [6.45, 7) is 7.30. The second kappa shape index (κ2) is 8.68. The van der Waals surface area contributed by atoms with Crippen LogP contribution < -0.4 is 5.32 Å². The number of piperidine rings is 1. The third-order valence-corrected chi connectivity index (χ3v) is 7.24. The third kappa shape index (κ3) is 5.28. The second-order valence-corrected chi connectivity index (χ2v) is 9.70. The Morgan fingerprint density at radius 3 is 2.41 bits per heavy atom. The van der Waals surface area contributed by atoms with Gasteiger partial charge in [-0.25, -0.2) is 8.42 Å². The molecule has 27 heavy (non-hydrogen) atoms. The van der Waals surface area contributed by atoms with Crippen molar-refractivity contribution in [3.8, 4) is 0 Å². The Hall–Kier alpha value is -1.48. The fourth-order valence-corrected chi connectivity index (χ4v) is 5.23. The zero-order valence-electron chi connectivity index (χ0n) is 16.2. The minimum atomic E-state index is -3.46. The van der Waals surface area contributed by atoms with E-state index in [1.807, 2.05) is 0 Å². The van der Waals surface area contributed by atoms with Crippen molar-refractivity contribution in [3.05, 3.63) is 24.3 Å². The normalized spacial score (nSPS) is 23.3. The number of nitrogens with one attached hydrogen (secondary N) is 1. The topological polar surface area (TPSA) is 73.0 Å². The largest absolute Gasteiger partial charge is 0.325 e. The minimum Gasteiger partial charge on any atom is -0.325 e. The first kappa shape index (κ1) is 20.3. The van der Waals surface area contributed by atoms with Crippen LogP contribution in [0.25, 0.3) is 0 Å². The molecule has 7 nitrogen and oxygen atoms in total. The molecule has 0 spiro atoms. The number of rotatable bonds is 5. The average Bonchev–Trinajstić information content (AvgIpc) is 2.64. The molecule has 0 bridgehead atoms. The van der Waals surface area contributed by atoms with Gasteiger partial charge in [-0.1, -0.05) is 6.92 Å². The van der Waals surface area contributed by atoms with Crippen LogP contribution in [0.5, 0.6) is 0 Å². The van der Waals surface area contributed by atoms with Crippen molar-refractivity contribution in [2.45, 2.75) is 24.7 Å². The van der Waals surface area contributed by atoms with Gasteiger partial charge in [0.25, 0.3) is 0 Å². The van der Waals surface area contributed by atoms with Crippen LogP contribution in [-0.2, 0) is 14.8 Å². The Kier molecular flexibility index (Phi) is 6.52.